The number of carbonyl (C=O) groups is 3. The first-order valence-corrected chi connectivity index (χ1v) is 19.4. The van der Waals surface area contributed by atoms with E-state index in [1.807, 2.05) is 25.1 Å². The number of aromatic hydroxyl groups is 2. The molecule has 9 N–H and O–H groups in total. The number of carbonyl (C=O) groups excluding carboxylic acids is 3. The van der Waals surface area contributed by atoms with Gasteiger partial charge in [-0.05, 0) is 26.0 Å². The number of nitrogens with two attached hydrogens (primary N) is 1. The van der Waals surface area contributed by atoms with Crippen LogP contribution in [0.15, 0.2) is 48.7 Å². The number of aryl methyl sites for hydroxylation is 1. The first-order chi connectivity index (χ1) is 21.3. The molecule has 3 aromatic rings. The first kappa shape index (κ1) is 37.7. The van der Waals surface area contributed by atoms with Crippen molar-refractivity contribution in [2.45, 2.75) is 63.3 Å². The Bertz CT molecular complexity index is 1600. The number of hydrogen-bond donors (Lipinski definition) is 6. The fourth-order valence-electron chi connectivity index (χ4n) is 5.58. The SMILES string of the molecule is CC(=O)[C@]1(N)Cc2c(O)c3c(c(O)c2[C@@H](O[C@H]2C[C@H](O)[C@H](O)CO2)C1)C(=O)c1ccccc1C3=O.Cc1ccccn1.N.[Cl][Pt][Cl]. The minimum atomic E-state index is -1.50. The number of aliphatic hydroxyl groups excluding tert-OH is 2. The summed E-state index contributed by atoms with van der Waals surface area (Å²) in [6.45, 7) is 3.07. The van der Waals surface area contributed by atoms with Crippen LogP contribution < -0.4 is 11.9 Å². The van der Waals surface area contributed by atoms with Crippen molar-refractivity contribution in [3.8, 4) is 11.5 Å². The zero-order valence-electron chi connectivity index (χ0n) is 24.9. The molecule has 2 aromatic carbocycles. The topological polar surface area (TPSA) is 224 Å². The molecule has 46 heavy (non-hydrogen) atoms. The van der Waals surface area contributed by atoms with Gasteiger partial charge in [0, 0.05) is 53.4 Å². The fraction of sp³-hybridized carbons (Fsp3) is 0.355. The molecule has 1 fully saturated rings. The maximum absolute atomic E-state index is 13.3. The maximum atomic E-state index is 13.3. The number of phenols is 2. The molecule has 0 amide bonds. The molecule has 2 aliphatic carbocycles. The fourth-order valence-corrected chi connectivity index (χ4v) is 5.58. The average molecular weight is 860 g/mol. The summed E-state index contributed by atoms with van der Waals surface area (Å²) in [6, 6.07) is 12.0. The van der Waals surface area contributed by atoms with Crippen LogP contribution in [-0.4, -0.2) is 73.4 Å². The Balaban J connectivity index is 0.000000453. The second kappa shape index (κ2) is 15.9. The van der Waals surface area contributed by atoms with Gasteiger partial charge in [-0.1, -0.05) is 30.3 Å². The van der Waals surface area contributed by atoms with Crippen molar-refractivity contribution in [1.29, 1.82) is 0 Å². The molecular formula is C31H35Cl2N3O9Pt. The Morgan fingerprint density at radius 3 is 2.07 bits per heavy atom. The summed E-state index contributed by atoms with van der Waals surface area (Å²) in [5.74, 6) is -2.74. The zero-order chi connectivity index (χ0) is 33.1. The van der Waals surface area contributed by atoms with Gasteiger partial charge in [0.2, 0.25) is 0 Å². The van der Waals surface area contributed by atoms with E-state index in [9.17, 15) is 34.8 Å². The van der Waals surface area contributed by atoms with E-state index in [0.29, 0.717) is 0 Å². The number of fused-ring (bicyclic) bond motifs is 3. The van der Waals surface area contributed by atoms with Gasteiger partial charge < -0.3 is 41.8 Å². The summed E-state index contributed by atoms with van der Waals surface area (Å²) in [7, 11) is 9.75. The molecular weight excluding hydrogens is 824 g/mol. The number of hydrogen-bond acceptors (Lipinski definition) is 12. The van der Waals surface area contributed by atoms with Crippen LogP contribution in [0.3, 0.4) is 0 Å². The molecule has 12 nitrogen and oxygen atoms in total. The normalized spacial score (nSPS) is 24.5. The summed E-state index contributed by atoms with van der Waals surface area (Å²) in [4.78, 5) is 43.0. The summed E-state index contributed by atoms with van der Waals surface area (Å²) in [6.07, 6.45) is -2.95. The van der Waals surface area contributed by atoms with Crippen LogP contribution in [0.25, 0.3) is 0 Å². The van der Waals surface area contributed by atoms with E-state index in [2.05, 4.69) is 4.98 Å². The van der Waals surface area contributed by atoms with E-state index in [4.69, 9.17) is 34.0 Å². The average Bonchev–Trinajstić information content (AvgIpc) is 3.00. The zero-order valence-corrected chi connectivity index (χ0v) is 28.7. The molecule has 0 unspecified atom stereocenters. The third kappa shape index (κ3) is 7.68. The molecule has 1 aliphatic heterocycles. The van der Waals surface area contributed by atoms with Crippen molar-refractivity contribution in [3.05, 3.63) is 87.7 Å². The standard InChI is InChI=1S/C25H25NO9.C6H7N.2ClH.H3N.Pt/c1-10(27)25(26)7-13-18(16(8-25)35-17-6-14(28)15(29)9-34-17)24(33)20-19(23(13)32)21(30)11-4-2-3-5-12(11)22(20)31;1-6-4-2-3-5-7-6;;;;/h2-5,14-17,28-29,32-33H,6-9,26H2,1H3;2-5H,1H3;2*1H;1H3;/q;;;;;+2/p-2/t14-,15+,16-,17-,25-;;;;;/m0...../s1. The number of ether oxygens (including phenoxy) is 2. The van der Waals surface area contributed by atoms with Gasteiger partial charge in [0.15, 0.2) is 17.9 Å². The van der Waals surface area contributed by atoms with Gasteiger partial charge in [0.25, 0.3) is 0 Å². The van der Waals surface area contributed by atoms with Gasteiger partial charge in [-0.3, -0.25) is 19.4 Å². The Morgan fingerprint density at radius 1 is 1.02 bits per heavy atom. The second-order valence-corrected chi connectivity index (χ2v) is 14.2. The number of aliphatic hydroxyl groups is 2. The van der Waals surface area contributed by atoms with Crippen molar-refractivity contribution >= 4 is 36.2 Å². The van der Waals surface area contributed by atoms with Crippen LogP contribution in [0.1, 0.15) is 74.5 Å². The van der Waals surface area contributed by atoms with E-state index in [0.717, 1.165) is 5.69 Å². The van der Waals surface area contributed by atoms with Crippen LogP contribution in [0.5, 0.6) is 11.5 Å². The van der Waals surface area contributed by atoms with Gasteiger partial charge in [-0.25, -0.2) is 0 Å². The van der Waals surface area contributed by atoms with Crippen LogP contribution >= 0.6 is 18.8 Å². The van der Waals surface area contributed by atoms with E-state index in [1.54, 1.807) is 18.3 Å². The molecule has 0 bridgehead atoms. The first-order valence-electron chi connectivity index (χ1n) is 13.8. The number of ketones is 3. The van der Waals surface area contributed by atoms with Crippen molar-refractivity contribution in [2.75, 3.05) is 6.61 Å². The third-order valence-corrected chi connectivity index (χ3v) is 7.98. The van der Waals surface area contributed by atoms with Crippen LogP contribution in [0.4, 0.5) is 0 Å². The molecule has 15 heteroatoms. The molecule has 0 radical (unpaired) electrons. The Labute approximate surface area is 281 Å². The van der Waals surface area contributed by atoms with Gasteiger partial charge >= 0.3 is 35.3 Å². The number of halogens is 2. The van der Waals surface area contributed by atoms with Crippen LogP contribution in [-0.2, 0) is 37.2 Å². The second-order valence-electron chi connectivity index (χ2n) is 10.9. The van der Waals surface area contributed by atoms with Gasteiger partial charge in [0.05, 0.1) is 35.5 Å². The number of Topliss-reactive ketones (excluding diaryl/α,β-unsaturated/α-hetero) is 1. The van der Waals surface area contributed by atoms with E-state index < -0.39 is 75.5 Å². The van der Waals surface area contributed by atoms with Crippen molar-refractivity contribution in [3.63, 3.8) is 0 Å². The quantitative estimate of drug-likeness (QED) is 0.163. The molecule has 1 aromatic heterocycles. The summed E-state index contributed by atoms with van der Waals surface area (Å²) >= 11 is -0.472. The molecule has 2 heterocycles. The monoisotopic (exact) mass is 858 g/mol. The predicted molar refractivity (Wildman–Crippen MR) is 165 cm³/mol. The molecule has 3 aliphatic rings. The third-order valence-electron chi connectivity index (χ3n) is 7.98. The number of nitrogens with zero attached hydrogens (tertiary/aromatic N) is 1. The summed E-state index contributed by atoms with van der Waals surface area (Å²) < 4.78 is 11.4. The molecule has 0 saturated carbocycles. The van der Waals surface area contributed by atoms with Gasteiger partial charge in [-0.15, -0.1) is 0 Å². The minimum absolute atomic E-state index is 0. The number of pyridine rings is 1. The Kier molecular flexibility index (Phi) is 13.0. The number of rotatable bonds is 3. The Hall–Kier alpha value is -2.77. The van der Waals surface area contributed by atoms with Crippen LogP contribution in [0, 0.1) is 6.92 Å². The number of phenolic OH excluding ortho intramolecular Hbond substituents is 2. The molecule has 6 rings (SSSR count). The molecule has 252 valence electrons. The van der Waals surface area contributed by atoms with Gasteiger partial charge in [-0.2, -0.15) is 0 Å². The number of aromatic nitrogens is 1. The van der Waals surface area contributed by atoms with Gasteiger partial charge in [0.1, 0.15) is 23.4 Å². The van der Waals surface area contributed by atoms with Crippen LogP contribution in [0.2, 0.25) is 0 Å². The number of benzene rings is 2. The molecule has 1 saturated heterocycles. The van der Waals surface area contributed by atoms with Crippen molar-refractivity contribution < 1.29 is 60.8 Å². The molecule has 0 spiro atoms. The predicted octanol–water partition coefficient (Wildman–Crippen LogP) is 3.56. The molecule has 5 atom stereocenters. The van der Waals surface area contributed by atoms with Crippen molar-refractivity contribution in [2.24, 2.45) is 5.73 Å². The summed E-state index contributed by atoms with van der Waals surface area (Å²) in [5, 5.41) is 42.3. The van der Waals surface area contributed by atoms with E-state index >= 15 is 0 Å². The van der Waals surface area contributed by atoms with E-state index in [-0.39, 0.29) is 65.4 Å². The summed E-state index contributed by atoms with van der Waals surface area (Å²) in [5.41, 5.74) is 5.54. The Morgan fingerprint density at radius 2 is 1.59 bits per heavy atom. The van der Waals surface area contributed by atoms with Crippen molar-refractivity contribution in [1.82, 2.24) is 11.1 Å². The van der Waals surface area contributed by atoms with E-state index in [1.165, 1.54) is 19.1 Å².